The van der Waals surface area contributed by atoms with Crippen molar-refractivity contribution in [1.82, 2.24) is 19.8 Å². The average molecular weight is 331 g/mol. The summed E-state index contributed by atoms with van der Waals surface area (Å²) in [6.45, 7) is 8.20. The van der Waals surface area contributed by atoms with E-state index in [1.165, 1.54) is 5.56 Å². The molecule has 0 radical (unpaired) electrons. The number of hydrogen-bond donors (Lipinski definition) is 0. The molecule has 0 aliphatic heterocycles. The molecule has 0 aliphatic carbocycles. The molecule has 4 aromatic rings. The molecule has 0 saturated carbocycles. The van der Waals surface area contributed by atoms with E-state index >= 15 is 0 Å². The van der Waals surface area contributed by atoms with E-state index in [0.717, 1.165) is 46.7 Å². The van der Waals surface area contributed by atoms with Gasteiger partial charge in [-0.05, 0) is 32.9 Å². The highest BCUT2D eigenvalue weighted by Crippen LogP contribution is 2.29. The van der Waals surface area contributed by atoms with Gasteiger partial charge in [-0.2, -0.15) is 4.52 Å². The van der Waals surface area contributed by atoms with Crippen molar-refractivity contribution in [3.05, 3.63) is 54.1 Å². The van der Waals surface area contributed by atoms with Crippen LogP contribution < -0.4 is 4.90 Å². The maximum Gasteiger partial charge on any atom is 0.186 e. The largest absolute Gasteiger partial charge is 0.357 e. The molecule has 0 saturated heterocycles. The highest BCUT2D eigenvalue weighted by molar-refractivity contribution is 5.93. The molecule has 0 unspecified atom stereocenters. The Morgan fingerprint density at radius 3 is 2.40 bits per heavy atom. The summed E-state index contributed by atoms with van der Waals surface area (Å²) in [5, 5.41) is 9.91. The fourth-order valence-corrected chi connectivity index (χ4v) is 3.21. The molecule has 0 bridgehead atoms. The Morgan fingerprint density at radius 1 is 0.960 bits per heavy atom. The van der Waals surface area contributed by atoms with E-state index in [2.05, 4.69) is 72.4 Å². The molecule has 0 fully saturated rings. The van der Waals surface area contributed by atoms with Gasteiger partial charge in [0.15, 0.2) is 5.65 Å². The molecule has 5 nitrogen and oxygen atoms in total. The minimum Gasteiger partial charge on any atom is -0.357 e. The normalized spacial score (nSPS) is 11.3. The zero-order valence-corrected chi connectivity index (χ0v) is 14.8. The van der Waals surface area contributed by atoms with E-state index < -0.39 is 0 Å². The van der Waals surface area contributed by atoms with E-state index in [0.29, 0.717) is 0 Å². The second-order valence-corrected chi connectivity index (χ2v) is 6.16. The van der Waals surface area contributed by atoms with Gasteiger partial charge in [0.05, 0.1) is 5.52 Å². The van der Waals surface area contributed by atoms with Crippen LogP contribution in [0, 0.1) is 6.92 Å². The van der Waals surface area contributed by atoms with Gasteiger partial charge in [0.2, 0.25) is 0 Å². The first-order chi connectivity index (χ1) is 12.2. The summed E-state index contributed by atoms with van der Waals surface area (Å²) in [5.74, 6) is 0.990. The van der Waals surface area contributed by atoms with E-state index in [9.17, 15) is 0 Å². The van der Waals surface area contributed by atoms with Gasteiger partial charge in [-0.1, -0.05) is 47.2 Å². The molecule has 126 valence electrons. The van der Waals surface area contributed by atoms with Crippen LogP contribution in [0.3, 0.4) is 0 Å². The fraction of sp³-hybridized carbons (Fsp3) is 0.250. The molecule has 2 aromatic heterocycles. The first-order valence-electron chi connectivity index (χ1n) is 8.69. The summed E-state index contributed by atoms with van der Waals surface area (Å²) in [7, 11) is 0. The summed E-state index contributed by atoms with van der Waals surface area (Å²) >= 11 is 0. The van der Waals surface area contributed by atoms with Crippen molar-refractivity contribution in [2.45, 2.75) is 20.8 Å². The molecule has 4 rings (SSSR count). The minimum atomic E-state index is 0.796. The lowest BCUT2D eigenvalue weighted by molar-refractivity contribution is 0.840. The van der Waals surface area contributed by atoms with Gasteiger partial charge in [-0.3, -0.25) is 0 Å². The number of benzene rings is 2. The molecule has 0 amide bonds. The maximum absolute atomic E-state index is 4.97. The third-order valence-corrected chi connectivity index (χ3v) is 4.62. The van der Waals surface area contributed by atoms with Crippen LogP contribution in [0.1, 0.15) is 19.4 Å². The van der Waals surface area contributed by atoms with Gasteiger partial charge in [-0.25, -0.2) is 4.98 Å². The minimum absolute atomic E-state index is 0.796. The van der Waals surface area contributed by atoms with Crippen LogP contribution in [0.2, 0.25) is 0 Å². The monoisotopic (exact) mass is 331 g/mol. The Morgan fingerprint density at radius 2 is 1.68 bits per heavy atom. The van der Waals surface area contributed by atoms with Crippen molar-refractivity contribution in [2.24, 2.45) is 0 Å². The van der Waals surface area contributed by atoms with Crippen LogP contribution in [0.25, 0.3) is 27.8 Å². The smallest absolute Gasteiger partial charge is 0.186 e. The molecule has 5 heteroatoms. The van der Waals surface area contributed by atoms with E-state index in [1.54, 1.807) is 0 Å². The average Bonchev–Trinajstić information content (AvgIpc) is 3.07. The number of aromatic nitrogens is 4. The number of para-hydroxylation sites is 1. The molecule has 2 aromatic carbocycles. The van der Waals surface area contributed by atoms with Crippen LogP contribution >= 0.6 is 0 Å². The predicted octanol–water partition coefficient (Wildman–Crippen LogP) is 4.10. The molecule has 0 spiro atoms. The van der Waals surface area contributed by atoms with E-state index in [1.807, 2.05) is 16.6 Å². The zero-order chi connectivity index (χ0) is 17.4. The molecule has 0 atom stereocenters. The maximum atomic E-state index is 4.97. The second kappa shape index (κ2) is 6.16. The van der Waals surface area contributed by atoms with Gasteiger partial charge in [-0.15, -0.1) is 5.10 Å². The Bertz CT molecular complexity index is 1030. The first-order valence-corrected chi connectivity index (χ1v) is 8.69. The van der Waals surface area contributed by atoms with Gasteiger partial charge < -0.3 is 4.90 Å². The quantitative estimate of drug-likeness (QED) is 0.565. The summed E-state index contributed by atoms with van der Waals surface area (Å²) in [4.78, 5) is 7.24. The Hall–Kier alpha value is -2.95. The van der Waals surface area contributed by atoms with E-state index in [4.69, 9.17) is 4.98 Å². The van der Waals surface area contributed by atoms with Crippen molar-refractivity contribution < 1.29 is 0 Å². The number of anilines is 1. The Kier molecular flexibility index (Phi) is 3.84. The molecule has 0 N–H and O–H groups in total. The first kappa shape index (κ1) is 15.6. The highest BCUT2D eigenvalue weighted by Gasteiger charge is 2.17. The summed E-state index contributed by atoms with van der Waals surface area (Å²) in [6, 6.07) is 16.6. The summed E-state index contributed by atoms with van der Waals surface area (Å²) in [6.07, 6.45) is 0. The zero-order valence-electron chi connectivity index (χ0n) is 14.8. The van der Waals surface area contributed by atoms with Gasteiger partial charge in [0, 0.05) is 24.0 Å². The van der Waals surface area contributed by atoms with Gasteiger partial charge >= 0.3 is 0 Å². The number of aryl methyl sites for hydroxylation is 1. The molecule has 2 heterocycles. The molecular weight excluding hydrogens is 310 g/mol. The Labute approximate surface area is 146 Å². The SMILES string of the molecule is CCN(CC)c1nc2c(-c3ccc(C)cc3)nnn2c2ccccc12. The third kappa shape index (κ3) is 2.52. The number of hydrogen-bond acceptors (Lipinski definition) is 4. The highest BCUT2D eigenvalue weighted by atomic mass is 15.4. The van der Waals surface area contributed by atoms with Crippen LogP contribution in [-0.4, -0.2) is 32.9 Å². The van der Waals surface area contributed by atoms with Crippen molar-refractivity contribution in [3.63, 3.8) is 0 Å². The lowest BCUT2D eigenvalue weighted by Gasteiger charge is -2.21. The Balaban J connectivity index is 2.04. The van der Waals surface area contributed by atoms with Crippen molar-refractivity contribution in [3.8, 4) is 11.3 Å². The van der Waals surface area contributed by atoms with Crippen molar-refractivity contribution in [2.75, 3.05) is 18.0 Å². The molecule has 25 heavy (non-hydrogen) atoms. The topological polar surface area (TPSA) is 46.3 Å². The lowest BCUT2D eigenvalue weighted by Crippen LogP contribution is -2.23. The summed E-state index contributed by atoms with van der Waals surface area (Å²) in [5.41, 5.74) is 4.90. The second-order valence-electron chi connectivity index (χ2n) is 6.16. The number of rotatable bonds is 4. The van der Waals surface area contributed by atoms with Crippen LogP contribution in [0.15, 0.2) is 48.5 Å². The number of fused-ring (bicyclic) bond motifs is 3. The fourth-order valence-electron chi connectivity index (χ4n) is 3.21. The van der Waals surface area contributed by atoms with Crippen molar-refractivity contribution >= 4 is 22.4 Å². The molecule has 0 aliphatic rings. The van der Waals surface area contributed by atoms with Crippen LogP contribution in [0.5, 0.6) is 0 Å². The molecular formula is C20H21N5. The van der Waals surface area contributed by atoms with Gasteiger partial charge in [0.1, 0.15) is 11.5 Å². The van der Waals surface area contributed by atoms with Crippen molar-refractivity contribution in [1.29, 1.82) is 0 Å². The van der Waals surface area contributed by atoms with E-state index in [-0.39, 0.29) is 0 Å². The predicted molar refractivity (Wildman–Crippen MR) is 102 cm³/mol. The third-order valence-electron chi connectivity index (χ3n) is 4.62. The number of nitrogens with zero attached hydrogens (tertiary/aromatic N) is 5. The summed E-state index contributed by atoms with van der Waals surface area (Å²) < 4.78 is 1.84. The standard InChI is InChI=1S/C20H21N5/c1-4-24(5-2)19-16-8-6-7-9-17(16)25-20(21-19)18(22-23-25)15-12-10-14(3)11-13-15/h6-13H,4-5H2,1-3H3. The van der Waals surface area contributed by atoms with Crippen LogP contribution in [0.4, 0.5) is 5.82 Å². The lowest BCUT2D eigenvalue weighted by atomic mass is 10.1. The van der Waals surface area contributed by atoms with Gasteiger partial charge in [0.25, 0.3) is 0 Å². The van der Waals surface area contributed by atoms with Crippen LogP contribution in [-0.2, 0) is 0 Å².